The van der Waals surface area contributed by atoms with E-state index in [4.69, 9.17) is 5.73 Å². The van der Waals surface area contributed by atoms with Crippen molar-refractivity contribution in [3.63, 3.8) is 0 Å². The predicted molar refractivity (Wildman–Crippen MR) is 78.1 cm³/mol. The first kappa shape index (κ1) is 13.9. The van der Waals surface area contributed by atoms with Crippen LogP contribution >= 0.6 is 0 Å². The largest absolute Gasteiger partial charge is 0.369 e. The zero-order valence-corrected chi connectivity index (χ0v) is 12.3. The van der Waals surface area contributed by atoms with Gasteiger partial charge in [0.2, 0.25) is 5.95 Å². The van der Waals surface area contributed by atoms with Crippen LogP contribution in [-0.4, -0.2) is 44.9 Å². The number of nitrogens with zero attached hydrogens (tertiary/aromatic N) is 5. The summed E-state index contributed by atoms with van der Waals surface area (Å²) in [6.07, 6.45) is 3.07. The number of aryl methyl sites for hydroxylation is 3. The number of imidazole rings is 1. The maximum absolute atomic E-state index is 6.05. The topological polar surface area (TPSA) is 64.9 Å². The number of anilines is 1. The molecule has 0 aromatic carbocycles. The van der Waals surface area contributed by atoms with E-state index < -0.39 is 0 Å². The van der Waals surface area contributed by atoms with Gasteiger partial charge in [0.15, 0.2) is 5.65 Å². The second-order valence-electron chi connectivity index (χ2n) is 5.27. The van der Waals surface area contributed by atoms with Crippen LogP contribution in [0.4, 0.5) is 5.95 Å². The van der Waals surface area contributed by atoms with Crippen LogP contribution in [0.3, 0.4) is 0 Å². The van der Waals surface area contributed by atoms with Crippen molar-refractivity contribution in [2.24, 2.45) is 7.05 Å². The number of aromatic nitrogens is 4. The molecule has 0 fully saturated rings. The molecular formula is C13H24N6. The van der Waals surface area contributed by atoms with E-state index in [0.29, 0.717) is 5.95 Å². The molecule has 0 bridgehead atoms. The van der Waals surface area contributed by atoms with Crippen molar-refractivity contribution in [1.29, 1.82) is 0 Å². The highest BCUT2D eigenvalue weighted by molar-refractivity contribution is 5.77. The summed E-state index contributed by atoms with van der Waals surface area (Å²) in [5, 5.41) is 4.55. The van der Waals surface area contributed by atoms with Crippen LogP contribution in [0.15, 0.2) is 0 Å². The molecular weight excluding hydrogens is 240 g/mol. The van der Waals surface area contributed by atoms with Gasteiger partial charge in [-0.15, -0.1) is 0 Å². The molecule has 0 spiro atoms. The average Bonchev–Trinajstić information content (AvgIpc) is 2.79. The van der Waals surface area contributed by atoms with Gasteiger partial charge < -0.3 is 10.6 Å². The lowest BCUT2D eigenvalue weighted by atomic mass is 10.2. The fourth-order valence-electron chi connectivity index (χ4n) is 2.43. The highest BCUT2D eigenvalue weighted by Crippen LogP contribution is 2.22. The first-order valence-corrected chi connectivity index (χ1v) is 6.87. The molecule has 0 unspecified atom stereocenters. The van der Waals surface area contributed by atoms with Gasteiger partial charge in [-0.05, 0) is 33.5 Å². The summed E-state index contributed by atoms with van der Waals surface area (Å²) in [7, 11) is 6.12. The minimum absolute atomic E-state index is 0.596. The van der Waals surface area contributed by atoms with Gasteiger partial charge in [0, 0.05) is 13.6 Å². The minimum atomic E-state index is 0.596. The van der Waals surface area contributed by atoms with Crippen molar-refractivity contribution in [3.8, 4) is 0 Å². The first-order valence-electron chi connectivity index (χ1n) is 6.87. The molecule has 106 valence electrons. The van der Waals surface area contributed by atoms with Gasteiger partial charge in [-0.25, -0.2) is 4.98 Å². The van der Waals surface area contributed by atoms with Crippen LogP contribution in [-0.2, 0) is 20.0 Å². The number of rotatable bonds is 6. The number of fused-ring (bicyclic) bond motifs is 1. The summed E-state index contributed by atoms with van der Waals surface area (Å²) in [6.45, 7) is 4.07. The number of hydrogen-bond acceptors (Lipinski definition) is 4. The molecule has 6 heteroatoms. The Hall–Kier alpha value is -1.56. The van der Waals surface area contributed by atoms with Gasteiger partial charge in [0.25, 0.3) is 0 Å². The summed E-state index contributed by atoms with van der Waals surface area (Å²) in [5.41, 5.74) is 9.11. The van der Waals surface area contributed by atoms with Crippen molar-refractivity contribution in [2.45, 2.75) is 32.7 Å². The summed E-state index contributed by atoms with van der Waals surface area (Å²) in [6, 6.07) is 0. The fourth-order valence-corrected chi connectivity index (χ4v) is 2.43. The maximum Gasteiger partial charge on any atom is 0.202 e. The van der Waals surface area contributed by atoms with Gasteiger partial charge in [-0.1, -0.05) is 13.3 Å². The van der Waals surface area contributed by atoms with Gasteiger partial charge in [-0.3, -0.25) is 9.25 Å². The Morgan fingerprint density at radius 2 is 2.05 bits per heavy atom. The van der Waals surface area contributed by atoms with Crippen molar-refractivity contribution < 1.29 is 0 Å². The lowest BCUT2D eigenvalue weighted by Gasteiger charge is -2.11. The third-order valence-electron chi connectivity index (χ3n) is 3.29. The highest BCUT2D eigenvalue weighted by Gasteiger charge is 2.17. The van der Waals surface area contributed by atoms with Gasteiger partial charge >= 0.3 is 0 Å². The number of nitrogen functional groups attached to an aromatic ring is 1. The monoisotopic (exact) mass is 264 g/mol. The van der Waals surface area contributed by atoms with E-state index in [1.807, 2.05) is 11.7 Å². The fraction of sp³-hybridized carbons (Fsp3) is 0.692. The van der Waals surface area contributed by atoms with Gasteiger partial charge in [-0.2, -0.15) is 5.10 Å². The number of hydrogen-bond donors (Lipinski definition) is 1. The third kappa shape index (κ3) is 2.73. The van der Waals surface area contributed by atoms with Crippen molar-refractivity contribution in [3.05, 3.63) is 5.69 Å². The van der Waals surface area contributed by atoms with Crippen LogP contribution in [0, 0.1) is 0 Å². The Labute approximate surface area is 114 Å². The Kier molecular flexibility index (Phi) is 4.09. The molecule has 0 radical (unpaired) electrons. The van der Waals surface area contributed by atoms with E-state index >= 15 is 0 Å². The molecule has 2 aromatic heterocycles. The summed E-state index contributed by atoms with van der Waals surface area (Å²) >= 11 is 0. The second kappa shape index (κ2) is 5.61. The Morgan fingerprint density at radius 3 is 2.68 bits per heavy atom. The third-order valence-corrected chi connectivity index (χ3v) is 3.29. The quantitative estimate of drug-likeness (QED) is 0.853. The van der Waals surface area contributed by atoms with Gasteiger partial charge in [0.05, 0.1) is 5.69 Å². The Balaban J connectivity index is 2.30. The van der Waals surface area contributed by atoms with E-state index in [-0.39, 0.29) is 0 Å². The van der Waals surface area contributed by atoms with Crippen LogP contribution in [0.5, 0.6) is 0 Å². The molecule has 0 atom stereocenters. The number of nitrogens with two attached hydrogens (primary N) is 1. The van der Waals surface area contributed by atoms with Gasteiger partial charge in [0.1, 0.15) is 5.52 Å². The zero-order valence-electron chi connectivity index (χ0n) is 12.3. The summed E-state index contributed by atoms with van der Waals surface area (Å²) < 4.78 is 3.98. The maximum atomic E-state index is 6.05. The van der Waals surface area contributed by atoms with Crippen LogP contribution < -0.4 is 5.73 Å². The molecule has 2 rings (SSSR count). The molecule has 2 N–H and O–H groups in total. The lowest BCUT2D eigenvalue weighted by molar-refractivity contribution is 0.387. The molecule has 6 nitrogen and oxygen atoms in total. The molecule has 2 heterocycles. The summed E-state index contributed by atoms with van der Waals surface area (Å²) in [5.74, 6) is 0.596. The smallest absolute Gasteiger partial charge is 0.202 e. The Morgan fingerprint density at radius 1 is 1.32 bits per heavy atom. The van der Waals surface area contributed by atoms with Crippen LogP contribution in [0.25, 0.3) is 11.2 Å². The van der Waals surface area contributed by atoms with Crippen molar-refractivity contribution in [1.82, 2.24) is 24.2 Å². The molecule has 0 saturated heterocycles. The first-order chi connectivity index (χ1) is 9.04. The van der Waals surface area contributed by atoms with E-state index in [2.05, 4.69) is 40.6 Å². The van der Waals surface area contributed by atoms with E-state index in [1.165, 1.54) is 0 Å². The van der Waals surface area contributed by atoms with E-state index in [1.54, 1.807) is 0 Å². The van der Waals surface area contributed by atoms with Crippen molar-refractivity contribution >= 4 is 17.1 Å². The minimum Gasteiger partial charge on any atom is -0.369 e. The normalized spacial score (nSPS) is 11.8. The second-order valence-corrected chi connectivity index (χ2v) is 5.27. The predicted octanol–water partition coefficient (Wildman–Crippen LogP) is 1.26. The molecule has 0 amide bonds. The zero-order chi connectivity index (χ0) is 14.0. The van der Waals surface area contributed by atoms with Crippen molar-refractivity contribution in [2.75, 3.05) is 26.4 Å². The molecule has 0 aliphatic heterocycles. The molecule has 0 saturated carbocycles. The SMILES string of the molecule is CCCc1nn(C)c2c1nc(N)n2CCCN(C)C. The molecule has 2 aromatic rings. The average molecular weight is 264 g/mol. The lowest BCUT2D eigenvalue weighted by Crippen LogP contribution is -2.16. The highest BCUT2D eigenvalue weighted by atomic mass is 15.3. The Bertz CT molecular complexity index is 551. The van der Waals surface area contributed by atoms with Crippen LogP contribution in [0.1, 0.15) is 25.5 Å². The molecule has 0 aliphatic rings. The molecule has 19 heavy (non-hydrogen) atoms. The van der Waals surface area contributed by atoms with E-state index in [9.17, 15) is 0 Å². The molecule has 0 aliphatic carbocycles. The van der Waals surface area contributed by atoms with Crippen LogP contribution in [0.2, 0.25) is 0 Å². The summed E-state index contributed by atoms with van der Waals surface area (Å²) in [4.78, 5) is 6.67. The van der Waals surface area contributed by atoms with E-state index in [0.717, 1.165) is 49.2 Å². The standard InChI is InChI=1S/C13H24N6/c1-5-7-10-11-12(18(4)16-10)19(13(14)15-11)9-6-8-17(2)3/h5-9H2,1-4H3,(H2,14,15).